The molecule has 0 saturated heterocycles. The molecule has 0 amide bonds. The Bertz CT molecular complexity index is 199. The second-order valence-electron chi connectivity index (χ2n) is 4.96. The van der Waals surface area contributed by atoms with Crippen molar-refractivity contribution >= 4 is 6.79 Å². The lowest BCUT2D eigenvalue weighted by Crippen LogP contribution is -2.24. The molecule has 0 aromatic heterocycles. The summed E-state index contributed by atoms with van der Waals surface area (Å²) in [5.41, 5.74) is 1.83. The van der Waals surface area contributed by atoms with E-state index in [0.29, 0.717) is 5.41 Å². The van der Waals surface area contributed by atoms with Gasteiger partial charge in [0.05, 0.1) is 6.61 Å². The van der Waals surface area contributed by atoms with Crippen LogP contribution >= 0.6 is 0 Å². The fourth-order valence-electron chi connectivity index (χ4n) is 2.68. The number of allylic oxidation sites excluding steroid dienone is 1. The zero-order valence-electron chi connectivity index (χ0n) is 10.3. The molecule has 2 heteroatoms. The van der Waals surface area contributed by atoms with Crippen LogP contribution in [0.2, 0.25) is 0 Å². The van der Waals surface area contributed by atoms with Crippen molar-refractivity contribution in [2.75, 3.05) is 13.7 Å². The Kier molecular flexibility index (Phi) is 6.50. The van der Waals surface area contributed by atoms with Crippen molar-refractivity contribution in [3.8, 4) is 0 Å². The average molecular weight is 212 g/mol. The van der Waals surface area contributed by atoms with Gasteiger partial charge in [0.2, 0.25) is 0 Å². The predicted molar refractivity (Wildman–Crippen MR) is 63.9 cm³/mol. The molecule has 88 valence electrons. The van der Waals surface area contributed by atoms with Gasteiger partial charge in [-0.2, -0.15) is 0 Å². The van der Waals surface area contributed by atoms with E-state index in [2.05, 4.69) is 20.4 Å². The number of ether oxygens (including phenoxy) is 1. The summed E-state index contributed by atoms with van der Waals surface area (Å²) in [6.07, 6.45) is 4.94. The molecule has 0 spiro atoms. The molecule has 0 N–H and O–H groups in total. The maximum atomic E-state index is 8.00. The van der Waals surface area contributed by atoms with Crippen LogP contribution in [0.5, 0.6) is 0 Å². The minimum absolute atomic E-state index is 0.417. The Morgan fingerprint density at radius 2 is 2.07 bits per heavy atom. The summed E-state index contributed by atoms with van der Waals surface area (Å²) >= 11 is 0. The van der Waals surface area contributed by atoms with Gasteiger partial charge in [0.1, 0.15) is 6.79 Å². The minimum atomic E-state index is 0.417. The quantitative estimate of drug-likeness (QED) is 0.669. The van der Waals surface area contributed by atoms with Gasteiger partial charge in [0.25, 0.3) is 0 Å². The second kappa shape index (κ2) is 6.78. The van der Waals surface area contributed by atoms with Gasteiger partial charge in [-0.25, -0.2) is 0 Å². The first-order valence-corrected chi connectivity index (χ1v) is 5.52. The number of rotatable bonds is 4. The molecule has 1 fully saturated rings. The van der Waals surface area contributed by atoms with Gasteiger partial charge < -0.3 is 9.53 Å². The zero-order chi connectivity index (χ0) is 11.9. The van der Waals surface area contributed by atoms with E-state index in [-0.39, 0.29) is 0 Å². The van der Waals surface area contributed by atoms with Crippen LogP contribution in [0, 0.1) is 11.3 Å². The summed E-state index contributed by atoms with van der Waals surface area (Å²) in [6.45, 7) is 11.6. The first-order chi connectivity index (χ1) is 7.08. The molecule has 0 radical (unpaired) electrons. The van der Waals surface area contributed by atoms with Gasteiger partial charge in [-0.15, -0.1) is 0 Å². The van der Waals surface area contributed by atoms with Crippen molar-refractivity contribution in [2.45, 2.75) is 39.5 Å². The minimum Gasteiger partial charge on any atom is -0.384 e. The van der Waals surface area contributed by atoms with Crippen LogP contribution in [0.3, 0.4) is 0 Å². The summed E-state index contributed by atoms with van der Waals surface area (Å²) in [7, 11) is 1.81. The average Bonchev–Trinajstić information content (AvgIpc) is 2.50. The third kappa shape index (κ3) is 4.61. The number of hydrogen-bond donors (Lipinski definition) is 0. The number of methoxy groups -OCH3 is 1. The molecular weight excluding hydrogens is 188 g/mol. The first kappa shape index (κ1) is 14.4. The standard InChI is InChI=1S/C12H22O.CH2O/c1-10(2)7-12(9-13-4)6-5-11(3)8-12;1-2/h10H,3,5-9H2,1-2,4H3;1H2. The fourth-order valence-corrected chi connectivity index (χ4v) is 2.68. The third-order valence-corrected chi connectivity index (χ3v) is 2.93. The third-order valence-electron chi connectivity index (χ3n) is 2.93. The molecule has 2 nitrogen and oxygen atoms in total. The van der Waals surface area contributed by atoms with Crippen LogP contribution in [0.25, 0.3) is 0 Å². The molecule has 1 rings (SSSR count). The highest BCUT2D eigenvalue weighted by molar-refractivity contribution is 5.11. The van der Waals surface area contributed by atoms with Gasteiger partial charge in [0.15, 0.2) is 0 Å². The molecule has 15 heavy (non-hydrogen) atoms. The highest BCUT2D eigenvalue weighted by atomic mass is 16.5. The Hall–Kier alpha value is -0.630. The van der Waals surface area contributed by atoms with Gasteiger partial charge in [-0.05, 0) is 37.0 Å². The molecule has 1 aliphatic rings. The van der Waals surface area contributed by atoms with E-state index >= 15 is 0 Å². The van der Waals surface area contributed by atoms with Crippen molar-refractivity contribution in [1.29, 1.82) is 0 Å². The zero-order valence-corrected chi connectivity index (χ0v) is 10.3. The summed E-state index contributed by atoms with van der Waals surface area (Å²) in [5, 5.41) is 0. The number of carbonyl (C=O) groups excluding carboxylic acids is 1. The lowest BCUT2D eigenvalue weighted by Gasteiger charge is -2.29. The molecule has 0 aromatic rings. The predicted octanol–water partition coefficient (Wildman–Crippen LogP) is 3.22. The molecule has 1 unspecified atom stereocenters. The largest absolute Gasteiger partial charge is 0.384 e. The van der Waals surface area contributed by atoms with E-state index in [1.165, 1.54) is 31.3 Å². The monoisotopic (exact) mass is 212 g/mol. The van der Waals surface area contributed by atoms with Crippen LogP contribution in [0.4, 0.5) is 0 Å². The lowest BCUT2D eigenvalue weighted by molar-refractivity contribution is -0.0979. The first-order valence-electron chi connectivity index (χ1n) is 5.52. The van der Waals surface area contributed by atoms with Gasteiger partial charge in [0, 0.05) is 7.11 Å². The number of hydrogen-bond acceptors (Lipinski definition) is 2. The molecule has 0 aliphatic heterocycles. The summed E-state index contributed by atoms with van der Waals surface area (Å²) in [6, 6.07) is 0. The van der Waals surface area contributed by atoms with Crippen molar-refractivity contribution in [2.24, 2.45) is 11.3 Å². The van der Waals surface area contributed by atoms with Gasteiger partial charge in [-0.1, -0.05) is 26.0 Å². The molecule has 0 bridgehead atoms. The van der Waals surface area contributed by atoms with Crippen LogP contribution in [0.15, 0.2) is 12.2 Å². The lowest BCUT2D eigenvalue weighted by atomic mass is 9.79. The Morgan fingerprint density at radius 1 is 1.47 bits per heavy atom. The highest BCUT2D eigenvalue weighted by Gasteiger charge is 2.35. The molecule has 0 aromatic carbocycles. The smallest absolute Gasteiger partial charge is 0.106 e. The molecule has 1 atom stereocenters. The van der Waals surface area contributed by atoms with E-state index in [0.717, 1.165) is 12.5 Å². The Balaban J connectivity index is 0.000000921. The fraction of sp³-hybridized carbons (Fsp3) is 0.769. The van der Waals surface area contributed by atoms with E-state index in [1.807, 2.05) is 13.9 Å². The molecule has 1 aliphatic carbocycles. The van der Waals surface area contributed by atoms with Gasteiger partial charge in [-0.3, -0.25) is 0 Å². The summed E-state index contributed by atoms with van der Waals surface area (Å²) in [4.78, 5) is 8.00. The highest BCUT2D eigenvalue weighted by Crippen LogP contribution is 2.45. The summed E-state index contributed by atoms with van der Waals surface area (Å²) < 4.78 is 5.34. The van der Waals surface area contributed by atoms with E-state index < -0.39 is 0 Å². The molecular formula is C13H24O2. The van der Waals surface area contributed by atoms with Crippen molar-refractivity contribution < 1.29 is 9.53 Å². The maximum Gasteiger partial charge on any atom is 0.106 e. The van der Waals surface area contributed by atoms with E-state index in [9.17, 15) is 0 Å². The normalized spacial score (nSPS) is 25.2. The van der Waals surface area contributed by atoms with Crippen molar-refractivity contribution in [3.63, 3.8) is 0 Å². The maximum absolute atomic E-state index is 8.00. The second-order valence-corrected chi connectivity index (χ2v) is 4.96. The Labute approximate surface area is 93.7 Å². The van der Waals surface area contributed by atoms with Crippen LogP contribution < -0.4 is 0 Å². The molecule has 1 saturated carbocycles. The van der Waals surface area contributed by atoms with Crippen LogP contribution in [-0.4, -0.2) is 20.5 Å². The SMILES string of the molecule is C=C1CCC(COC)(CC(C)C)C1.C=O. The van der Waals surface area contributed by atoms with Crippen molar-refractivity contribution in [1.82, 2.24) is 0 Å². The Morgan fingerprint density at radius 3 is 2.40 bits per heavy atom. The van der Waals surface area contributed by atoms with Crippen molar-refractivity contribution in [3.05, 3.63) is 12.2 Å². The van der Waals surface area contributed by atoms with Crippen LogP contribution in [0.1, 0.15) is 39.5 Å². The van der Waals surface area contributed by atoms with Gasteiger partial charge >= 0.3 is 0 Å². The molecule has 0 heterocycles. The summed E-state index contributed by atoms with van der Waals surface area (Å²) in [5.74, 6) is 0.765. The van der Waals surface area contributed by atoms with E-state index in [1.54, 1.807) is 0 Å². The van der Waals surface area contributed by atoms with E-state index in [4.69, 9.17) is 9.53 Å². The van der Waals surface area contributed by atoms with Crippen LogP contribution in [-0.2, 0) is 9.53 Å². The number of carbonyl (C=O) groups is 1. The topological polar surface area (TPSA) is 26.3 Å².